The molecular formula is C26H36N2O6. The number of nitrogens with one attached hydrogen (secondary N) is 2. The van der Waals surface area contributed by atoms with Crippen LogP contribution in [0.3, 0.4) is 0 Å². The summed E-state index contributed by atoms with van der Waals surface area (Å²) in [7, 11) is 4.50. The molecule has 0 bridgehead atoms. The first-order chi connectivity index (χ1) is 16.4. The monoisotopic (exact) mass is 472 g/mol. The highest BCUT2D eigenvalue weighted by molar-refractivity contribution is 5.76. The topological polar surface area (TPSA) is 95.1 Å². The fourth-order valence-electron chi connectivity index (χ4n) is 3.60. The first-order valence-electron chi connectivity index (χ1n) is 11.4. The van der Waals surface area contributed by atoms with Crippen molar-refractivity contribution in [3.8, 4) is 11.5 Å². The second-order valence-corrected chi connectivity index (χ2v) is 8.41. The van der Waals surface area contributed by atoms with Gasteiger partial charge in [0.15, 0.2) is 11.5 Å². The molecular weight excluding hydrogens is 436 g/mol. The van der Waals surface area contributed by atoms with Crippen molar-refractivity contribution in [1.29, 1.82) is 0 Å². The van der Waals surface area contributed by atoms with E-state index in [1.807, 2.05) is 42.5 Å². The highest BCUT2D eigenvalue weighted by Crippen LogP contribution is 2.28. The van der Waals surface area contributed by atoms with E-state index in [2.05, 4.69) is 24.5 Å². The maximum absolute atomic E-state index is 12.5. The fourth-order valence-corrected chi connectivity index (χ4v) is 3.60. The molecule has 0 radical (unpaired) electrons. The normalized spacial score (nSPS) is 12.5. The molecule has 0 aromatic heterocycles. The van der Waals surface area contributed by atoms with Gasteiger partial charge in [-0.2, -0.15) is 0 Å². The number of benzene rings is 2. The SMILES string of the molecule is COC(=O)[C@H](Cc1ccc(OC)c(OC)c1)NC[C@@H](CC(C)C)NC(=O)OCc1ccccc1. The summed E-state index contributed by atoms with van der Waals surface area (Å²) in [6.45, 7) is 4.72. The zero-order chi connectivity index (χ0) is 24.9. The number of esters is 1. The van der Waals surface area contributed by atoms with E-state index in [1.165, 1.54) is 7.11 Å². The maximum atomic E-state index is 12.5. The summed E-state index contributed by atoms with van der Waals surface area (Å²) in [6, 6.07) is 14.2. The van der Waals surface area contributed by atoms with Crippen molar-refractivity contribution in [3.63, 3.8) is 0 Å². The Balaban J connectivity index is 2.01. The van der Waals surface area contributed by atoms with Crippen molar-refractivity contribution in [2.24, 2.45) is 5.92 Å². The molecule has 0 saturated heterocycles. The Kier molecular flexibility index (Phi) is 11.2. The van der Waals surface area contributed by atoms with Crippen LogP contribution in [-0.4, -0.2) is 52.0 Å². The molecule has 0 spiro atoms. The molecule has 1 amide bonds. The van der Waals surface area contributed by atoms with Gasteiger partial charge in [-0.3, -0.25) is 4.79 Å². The predicted octanol–water partition coefficient (Wildman–Crippen LogP) is 3.72. The number of methoxy groups -OCH3 is 3. The van der Waals surface area contributed by atoms with Gasteiger partial charge in [-0.15, -0.1) is 0 Å². The molecule has 8 heteroatoms. The van der Waals surface area contributed by atoms with Crippen LogP contribution in [-0.2, 0) is 27.3 Å². The van der Waals surface area contributed by atoms with Crippen molar-refractivity contribution >= 4 is 12.1 Å². The molecule has 0 fully saturated rings. The zero-order valence-electron chi connectivity index (χ0n) is 20.6. The van der Waals surface area contributed by atoms with Crippen molar-refractivity contribution in [3.05, 3.63) is 59.7 Å². The van der Waals surface area contributed by atoms with Gasteiger partial charge in [0, 0.05) is 12.6 Å². The summed E-state index contributed by atoms with van der Waals surface area (Å²) < 4.78 is 21.0. The molecule has 0 aliphatic heterocycles. The zero-order valence-corrected chi connectivity index (χ0v) is 20.6. The Bertz CT molecular complexity index is 903. The first kappa shape index (κ1) is 27.0. The Morgan fingerprint density at radius 1 is 0.912 bits per heavy atom. The molecule has 2 aromatic carbocycles. The average molecular weight is 473 g/mol. The molecule has 0 aliphatic rings. The van der Waals surface area contributed by atoms with Crippen molar-refractivity contribution in [2.75, 3.05) is 27.9 Å². The minimum absolute atomic E-state index is 0.193. The molecule has 2 aromatic rings. The van der Waals surface area contributed by atoms with Gasteiger partial charge in [0.2, 0.25) is 0 Å². The predicted molar refractivity (Wildman–Crippen MR) is 130 cm³/mol. The van der Waals surface area contributed by atoms with E-state index in [1.54, 1.807) is 20.3 Å². The Hall–Kier alpha value is -3.26. The molecule has 2 atom stereocenters. The van der Waals surface area contributed by atoms with Crippen LogP contribution >= 0.6 is 0 Å². The molecule has 186 valence electrons. The van der Waals surface area contributed by atoms with Crippen LogP contribution in [0.2, 0.25) is 0 Å². The van der Waals surface area contributed by atoms with Crippen LogP contribution in [0.1, 0.15) is 31.4 Å². The average Bonchev–Trinajstić information content (AvgIpc) is 2.84. The molecule has 0 unspecified atom stereocenters. The van der Waals surface area contributed by atoms with E-state index >= 15 is 0 Å². The summed E-state index contributed by atoms with van der Waals surface area (Å²) in [5.41, 5.74) is 1.80. The number of ether oxygens (including phenoxy) is 4. The van der Waals surface area contributed by atoms with Gasteiger partial charge >= 0.3 is 12.1 Å². The minimum Gasteiger partial charge on any atom is -0.493 e. The van der Waals surface area contributed by atoms with E-state index in [0.717, 1.165) is 17.5 Å². The lowest BCUT2D eigenvalue weighted by Gasteiger charge is -2.24. The van der Waals surface area contributed by atoms with E-state index in [-0.39, 0.29) is 18.6 Å². The highest BCUT2D eigenvalue weighted by atomic mass is 16.5. The molecule has 8 nitrogen and oxygen atoms in total. The van der Waals surface area contributed by atoms with E-state index < -0.39 is 12.1 Å². The Morgan fingerprint density at radius 3 is 2.24 bits per heavy atom. The van der Waals surface area contributed by atoms with Gasteiger partial charge in [-0.05, 0) is 42.0 Å². The van der Waals surface area contributed by atoms with Gasteiger partial charge in [0.1, 0.15) is 12.6 Å². The number of amides is 1. The van der Waals surface area contributed by atoms with Gasteiger partial charge < -0.3 is 29.6 Å². The van der Waals surface area contributed by atoms with Gasteiger partial charge in [0.25, 0.3) is 0 Å². The smallest absolute Gasteiger partial charge is 0.407 e. The standard InChI is InChI=1S/C26H36N2O6/c1-18(2)13-21(28-26(30)34-17-19-9-7-6-8-10-19)16-27-22(25(29)33-5)14-20-11-12-23(31-3)24(15-20)32-4/h6-12,15,18,21-22,27H,13-14,16-17H2,1-5H3,(H,28,30)/t21-,22+/m1/s1. The molecule has 0 saturated carbocycles. The third-order valence-corrected chi connectivity index (χ3v) is 5.27. The fraction of sp³-hybridized carbons (Fsp3) is 0.462. The molecule has 34 heavy (non-hydrogen) atoms. The molecule has 0 aliphatic carbocycles. The van der Waals surface area contributed by atoms with Gasteiger partial charge in [0.05, 0.1) is 21.3 Å². The quantitative estimate of drug-likeness (QED) is 0.429. The van der Waals surface area contributed by atoms with Crippen molar-refractivity contribution < 1.29 is 28.5 Å². The summed E-state index contributed by atoms with van der Waals surface area (Å²) in [4.78, 5) is 24.8. The second-order valence-electron chi connectivity index (χ2n) is 8.41. The number of alkyl carbamates (subject to hydrolysis) is 1. The Labute approximate surface area is 201 Å². The van der Waals surface area contributed by atoms with Gasteiger partial charge in [-0.1, -0.05) is 50.2 Å². The lowest BCUT2D eigenvalue weighted by Crippen LogP contribution is -2.48. The van der Waals surface area contributed by atoms with Crippen LogP contribution in [0.25, 0.3) is 0 Å². The Morgan fingerprint density at radius 2 is 1.62 bits per heavy atom. The number of hydrogen-bond donors (Lipinski definition) is 2. The van der Waals surface area contributed by atoms with Crippen molar-refractivity contribution in [1.82, 2.24) is 10.6 Å². The van der Waals surface area contributed by atoms with Crippen molar-refractivity contribution in [2.45, 2.75) is 45.4 Å². The van der Waals surface area contributed by atoms with E-state index in [4.69, 9.17) is 18.9 Å². The van der Waals surface area contributed by atoms with E-state index in [9.17, 15) is 9.59 Å². The summed E-state index contributed by atoms with van der Waals surface area (Å²) in [5.74, 6) is 1.15. The molecule has 0 heterocycles. The lowest BCUT2D eigenvalue weighted by molar-refractivity contribution is -0.143. The third kappa shape index (κ3) is 8.94. The van der Waals surface area contributed by atoms with Crippen LogP contribution in [0, 0.1) is 5.92 Å². The largest absolute Gasteiger partial charge is 0.493 e. The number of rotatable bonds is 13. The number of carbonyl (C=O) groups is 2. The van der Waals surface area contributed by atoms with Crippen LogP contribution < -0.4 is 20.1 Å². The number of hydrogen-bond acceptors (Lipinski definition) is 7. The highest BCUT2D eigenvalue weighted by Gasteiger charge is 2.23. The van der Waals surface area contributed by atoms with Crippen LogP contribution in [0.15, 0.2) is 48.5 Å². The summed E-state index contributed by atoms with van der Waals surface area (Å²) in [5, 5.41) is 6.17. The third-order valence-electron chi connectivity index (χ3n) is 5.27. The minimum atomic E-state index is -0.597. The van der Waals surface area contributed by atoms with E-state index in [0.29, 0.717) is 30.4 Å². The summed E-state index contributed by atoms with van der Waals surface area (Å²) in [6.07, 6.45) is 0.614. The summed E-state index contributed by atoms with van der Waals surface area (Å²) >= 11 is 0. The second kappa shape index (κ2) is 14.1. The van der Waals surface area contributed by atoms with Crippen LogP contribution in [0.5, 0.6) is 11.5 Å². The van der Waals surface area contributed by atoms with Crippen LogP contribution in [0.4, 0.5) is 4.79 Å². The number of carbonyl (C=O) groups excluding carboxylic acids is 2. The lowest BCUT2D eigenvalue weighted by atomic mass is 10.0. The maximum Gasteiger partial charge on any atom is 0.407 e. The molecule has 2 rings (SSSR count). The van der Waals surface area contributed by atoms with Gasteiger partial charge in [-0.25, -0.2) is 4.79 Å². The molecule has 2 N–H and O–H groups in total. The first-order valence-corrected chi connectivity index (χ1v) is 11.4.